The molecule has 0 amide bonds. The van der Waals surface area contributed by atoms with Gasteiger partial charge in [0.25, 0.3) is 0 Å². The van der Waals surface area contributed by atoms with Crippen molar-refractivity contribution in [1.82, 2.24) is 4.90 Å². The highest BCUT2D eigenvalue weighted by molar-refractivity contribution is 7.90. The Kier molecular flexibility index (Phi) is 3.23. The molecule has 0 radical (unpaired) electrons. The smallest absolute Gasteiger partial charge is 0.148 e. The molecule has 1 fully saturated rings. The average molecular weight is 221 g/mol. The third-order valence-electron chi connectivity index (χ3n) is 2.85. The van der Waals surface area contributed by atoms with Crippen molar-refractivity contribution in [2.24, 2.45) is 5.92 Å². The van der Waals surface area contributed by atoms with Gasteiger partial charge >= 0.3 is 0 Å². The van der Waals surface area contributed by atoms with Crippen LogP contribution in [-0.4, -0.2) is 55.7 Å². The average Bonchev–Trinajstić information content (AvgIpc) is 1.93. The minimum absolute atomic E-state index is 0.182. The molecule has 0 unspecified atom stereocenters. The largest absolute Gasteiger partial charge is 0.387 e. The maximum absolute atomic E-state index is 10.9. The fourth-order valence-corrected chi connectivity index (χ4v) is 2.14. The van der Waals surface area contributed by atoms with Crippen molar-refractivity contribution in [2.45, 2.75) is 19.4 Å². The standard InChI is InChI=1S/C9H19NO3S/c1-8(2)9(11)6-10(7-9)4-5-14(3,12)13/h8,11H,4-7H2,1-3H3. The van der Waals surface area contributed by atoms with Crippen LogP contribution in [0.15, 0.2) is 0 Å². The summed E-state index contributed by atoms with van der Waals surface area (Å²) in [5, 5.41) is 9.90. The molecule has 14 heavy (non-hydrogen) atoms. The van der Waals surface area contributed by atoms with E-state index in [-0.39, 0.29) is 11.7 Å². The molecule has 5 heteroatoms. The Morgan fingerprint density at radius 1 is 1.43 bits per heavy atom. The molecule has 0 bridgehead atoms. The Hall–Kier alpha value is -0.130. The van der Waals surface area contributed by atoms with Gasteiger partial charge in [-0.15, -0.1) is 0 Å². The zero-order valence-corrected chi connectivity index (χ0v) is 9.84. The van der Waals surface area contributed by atoms with E-state index >= 15 is 0 Å². The summed E-state index contributed by atoms with van der Waals surface area (Å²) in [6.07, 6.45) is 1.24. The molecule has 0 aromatic rings. The Balaban J connectivity index is 2.29. The zero-order valence-electron chi connectivity index (χ0n) is 9.02. The summed E-state index contributed by atoms with van der Waals surface area (Å²) in [6.45, 7) is 5.69. The summed E-state index contributed by atoms with van der Waals surface area (Å²) in [7, 11) is -2.88. The highest BCUT2D eigenvalue weighted by Crippen LogP contribution is 2.27. The Morgan fingerprint density at radius 3 is 2.29 bits per heavy atom. The molecule has 1 heterocycles. The molecule has 0 saturated carbocycles. The number of rotatable bonds is 4. The quantitative estimate of drug-likeness (QED) is 0.710. The molecule has 0 aliphatic carbocycles. The van der Waals surface area contributed by atoms with Crippen LogP contribution in [0.25, 0.3) is 0 Å². The molecule has 1 aliphatic rings. The number of sulfone groups is 1. The summed E-state index contributed by atoms with van der Waals surface area (Å²) in [4.78, 5) is 1.97. The lowest BCUT2D eigenvalue weighted by Crippen LogP contribution is -2.64. The SMILES string of the molecule is CC(C)C1(O)CN(CCS(C)(=O)=O)C1. The van der Waals surface area contributed by atoms with E-state index < -0.39 is 15.4 Å². The first-order valence-electron chi connectivity index (χ1n) is 4.85. The van der Waals surface area contributed by atoms with Crippen molar-refractivity contribution >= 4 is 9.84 Å². The number of hydrogen-bond acceptors (Lipinski definition) is 4. The van der Waals surface area contributed by atoms with Gasteiger partial charge in [0.15, 0.2) is 0 Å². The van der Waals surface area contributed by atoms with Crippen LogP contribution < -0.4 is 0 Å². The molecule has 0 aromatic heterocycles. The number of nitrogens with zero attached hydrogens (tertiary/aromatic N) is 1. The van der Waals surface area contributed by atoms with Gasteiger partial charge in [0.2, 0.25) is 0 Å². The summed E-state index contributed by atoms with van der Waals surface area (Å²) in [5.74, 6) is 0.415. The predicted molar refractivity (Wildman–Crippen MR) is 55.9 cm³/mol. The fourth-order valence-electron chi connectivity index (χ4n) is 1.55. The van der Waals surface area contributed by atoms with Gasteiger partial charge in [0.05, 0.1) is 11.4 Å². The van der Waals surface area contributed by atoms with Crippen molar-refractivity contribution in [2.75, 3.05) is 31.6 Å². The lowest BCUT2D eigenvalue weighted by Gasteiger charge is -2.49. The van der Waals surface area contributed by atoms with Crippen LogP contribution in [0.1, 0.15) is 13.8 Å². The van der Waals surface area contributed by atoms with Crippen LogP contribution in [0.4, 0.5) is 0 Å². The van der Waals surface area contributed by atoms with E-state index in [2.05, 4.69) is 0 Å². The summed E-state index contributed by atoms with van der Waals surface area (Å²) < 4.78 is 21.8. The topological polar surface area (TPSA) is 57.6 Å². The highest BCUT2D eigenvalue weighted by Gasteiger charge is 2.43. The molecule has 0 atom stereocenters. The van der Waals surface area contributed by atoms with Gasteiger partial charge in [-0.3, -0.25) is 4.90 Å². The normalized spacial score (nSPS) is 22.4. The monoisotopic (exact) mass is 221 g/mol. The van der Waals surface area contributed by atoms with Crippen LogP contribution in [-0.2, 0) is 9.84 Å². The lowest BCUT2D eigenvalue weighted by molar-refractivity contribution is -0.125. The first kappa shape index (κ1) is 11.9. The molecule has 84 valence electrons. The van der Waals surface area contributed by atoms with Crippen LogP contribution in [0.2, 0.25) is 0 Å². The van der Waals surface area contributed by atoms with Gasteiger partial charge in [0, 0.05) is 25.9 Å². The summed E-state index contributed by atoms with van der Waals surface area (Å²) in [5.41, 5.74) is -0.600. The van der Waals surface area contributed by atoms with E-state index in [1.54, 1.807) is 0 Å². The van der Waals surface area contributed by atoms with Crippen LogP contribution in [0, 0.1) is 5.92 Å². The summed E-state index contributed by atoms with van der Waals surface area (Å²) >= 11 is 0. The molecular weight excluding hydrogens is 202 g/mol. The minimum Gasteiger partial charge on any atom is -0.387 e. The zero-order chi connectivity index (χ0) is 11.0. The number of aliphatic hydroxyl groups is 1. The number of likely N-dealkylation sites (tertiary alicyclic amines) is 1. The first-order valence-corrected chi connectivity index (χ1v) is 6.91. The van der Waals surface area contributed by atoms with Crippen LogP contribution >= 0.6 is 0 Å². The van der Waals surface area contributed by atoms with Crippen molar-refractivity contribution in [1.29, 1.82) is 0 Å². The molecule has 4 nitrogen and oxygen atoms in total. The number of β-amino-alcohol motifs (C(OH)–C–C–N with tert-alkyl or cyclic N) is 1. The third kappa shape index (κ3) is 2.93. The molecular formula is C9H19NO3S. The molecule has 0 aromatic carbocycles. The molecule has 0 spiro atoms. The van der Waals surface area contributed by atoms with Gasteiger partial charge in [-0.2, -0.15) is 0 Å². The third-order valence-corrected chi connectivity index (χ3v) is 3.77. The van der Waals surface area contributed by atoms with E-state index in [4.69, 9.17) is 0 Å². The maximum Gasteiger partial charge on any atom is 0.148 e. The second-order valence-electron chi connectivity index (χ2n) is 4.60. The van der Waals surface area contributed by atoms with Gasteiger partial charge in [-0.1, -0.05) is 13.8 Å². The molecule has 1 rings (SSSR count). The van der Waals surface area contributed by atoms with Crippen LogP contribution in [0.5, 0.6) is 0 Å². The first-order chi connectivity index (χ1) is 6.23. The van der Waals surface area contributed by atoms with Gasteiger partial charge in [-0.25, -0.2) is 8.42 Å². The molecule has 1 N–H and O–H groups in total. The molecule has 1 saturated heterocycles. The Morgan fingerprint density at radius 2 is 1.93 bits per heavy atom. The van der Waals surface area contributed by atoms with E-state index in [1.807, 2.05) is 18.7 Å². The maximum atomic E-state index is 10.9. The summed E-state index contributed by atoms with van der Waals surface area (Å²) in [6, 6.07) is 0. The van der Waals surface area contributed by atoms with E-state index in [0.29, 0.717) is 19.6 Å². The Bertz CT molecular complexity index is 291. The van der Waals surface area contributed by atoms with Crippen molar-refractivity contribution < 1.29 is 13.5 Å². The van der Waals surface area contributed by atoms with Crippen molar-refractivity contribution in [3.63, 3.8) is 0 Å². The predicted octanol–water partition coefficient (Wildman–Crippen LogP) is -0.266. The van der Waals surface area contributed by atoms with E-state index in [9.17, 15) is 13.5 Å². The second kappa shape index (κ2) is 3.79. The lowest BCUT2D eigenvalue weighted by atomic mass is 9.83. The van der Waals surface area contributed by atoms with E-state index in [0.717, 1.165) is 0 Å². The number of hydrogen-bond donors (Lipinski definition) is 1. The van der Waals surface area contributed by atoms with Gasteiger partial charge in [-0.05, 0) is 5.92 Å². The van der Waals surface area contributed by atoms with Gasteiger partial charge < -0.3 is 5.11 Å². The van der Waals surface area contributed by atoms with Gasteiger partial charge in [0.1, 0.15) is 9.84 Å². The van der Waals surface area contributed by atoms with Crippen LogP contribution in [0.3, 0.4) is 0 Å². The second-order valence-corrected chi connectivity index (χ2v) is 6.86. The molecule has 1 aliphatic heterocycles. The van der Waals surface area contributed by atoms with Crippen molar-refractivity contribution in [3.8, 4) is 0 Å². The Labute approximate surface area is 85.8 Å². The minimum atomic E-state index is -2.88. The highest BCUT2D eigenvalue weighted by atomic mass is 32.2. The van der Waals surface area contributed by atoms with E-state index in [1.165, 1.54) is 6.26 Å². The fraction of sp³-hybridized carbons (Fsp3) is 1.00. The van der Waals surface area contributed by atoms with Crippen molar-refractivity contribution in [3.05, 3.63) is 0 Å².